The van der Waals surface area contributed by atoms with Crippen molar-refractivity contribution >= 4 is 27.9 Å². The van der Waals surface area contributed by atoms with Gasteiger partial charge < -0.3 is 9.80 Å². The van der Waals surface area contributed by atoms with Gasteiger partial charge in [0.2, 0.25) is 5.91 Å². The molecule has 0 atom stereocenters. The molecular formula is C25H25FN4OS. The molecule has 1 aliphatic rings. The zero-order chi connectivity index (χ0) is 22.1. The Morgan fingerprint density at radius 2 is 1.75 bits per heavy atom. The zero-order valence-electron chi connectivity index (χ0n) is 18.0. The molecule has 32 heavy (non-hydrogen) atoms. The van der Waals surface area contributed by atoms with Gasteiger partial charge in [0.1, 0.15) is 5.82 Å². The average Bonchev–Trinajstić information content (AvgIpc) is 3.42. The van der Waals surface area contributed by atoms with Gasteiger partial charge in [0.15, 0.2) is 4.96 Å². The van der Waals surface area contributed by atoms with Gasteiger partial charge in [0.25, 0.3) is 0 Å². The summed E-state index contributed by atoms with van der Waals surface area (Å²) in [5.41, 5.74) is 5.30. The monoisotopic (exact) mass is 448 g/mol. The highest BCUT2D eigenvalue weighted by Crippen LogP contribution is 2.25. The predicted molar refractivity (Wildman–Crippen MR) is 127 cm³/mol. The largest absolute Gasteiger partial charge is 0.368 e. The van der Waals surface area contributed by atoms with Gasteiger partial charge in [-0.2, -0.15) is 0 Å². The number of fused-ring (bicyclic) bond motifs is 1. The van der Waals surface area contributed by atoms with Crippen LogP contribution in [-0.4, -0.2) is 46.4 Å². The van der Waals surface area contributed by atoms with Gasteiger partial charge in [-0.15, -0.1) is 11.3 Å². The third-order valence-electron chi connectivity index (χ3n) is 6.10. The van der Waals surface area contributed by atoms with Gasteiger partial charge >= 0.3 is 0 Å². The number of aryl methyl sites for hydroxylation is 1. The molecule has 0 saturated carbocycles. The zero-order valence-corrected chi connectivity index (χ0v) is 18.8. The van der Waals surface area contributed by atoms with Crippen LogP contribution in [0.4, 0.5) is 10.1 Å². The highest BCUT2D eigenvalue weighted by Gasteiger charge is 2.22. The molecule has 0 bridgehead atoms. The summed E-state index contributed by atoms with van der Waals surface area (Å²) in [4.78, 5) is 22.7. The van der Waals surface area contributed by atoms with Crippen molar-refractivity contribution < 1.29 is 9.18 Å². The Morgan fingerprint density at radius 1 is 1.03 bits per heavy atom. The Bertz CT molecular complexity index is 1220. The van der Waals surface area contributed by atoms with Crippen molar-refractivity contribution in [3.63, 3.8) is 0 Å². The molecule has 4 aromatic rings. The van der Waals surface area contributed by atoms with Crippen LogP contribution in [0.15, 0.2) is 60.1 Å². The maximum atomic E-state index is 13.2. The summed E-state index contributed by atoms with van der Waals surface area (Å²) in [5.74, 6) is -0.101. The Balaban J connectivity index is 1.25. The van der Waals surface area contributed by atoms with Gasteiger partial charge in [-0.3, -0.25) is 9.20 Å². The molecule has 0 radical (unpaired) electrons. The molecule has 2 aromatic heterocycles. The second kappa shape index (κ2) is 8.74. The molecule has 1 amide bonds. The number of halogens is 1. The molecule has 0 N–H and O–H groups in total. The summed E-state index contributed by atoms with van der Waals surface area (Å²) < 4.78 is 15.2. The van der Waals surface area contributed by atoms with E-state index in [0.29, 0.717) is 19.5 Å². The summed E-state index contributed by atoms with van der Waals surface area (Å²) in [7, 11) is 0. The third-order valence-corrected chi connectivity index (χ3v) is 6.99. The van der Waals surface area contributed by atoms with Gasteiger partial charge in [-0.05, 0) is 36.2 Å². The minimum atomic E-state index is -0.231. The van der Waals surface area contributed by atoms with Crippen molar-refractivity contribution in [3.05, 3.63) is 77.2 Å². The first-order valence-electron chi connectivity index (χ1n) is 10.9. The number of piperazine rings is 1. The van der Waals surface area contributed by atoms with Crippen LogP contribution in [0, 0.1) is 5.82 Å². The predicted octanol–water partition coefficient (Wildman–Crippen LogP) is 4.66. The number of amides is 1. The van der Waals surface area contributed by atoms with E-state index in [0.717, 1.165) is 47.1 Å². The minimum Gasteiger partial charge on any atom is -0.368 e. The van der Waals surface area contributed by atoms with Gasteiger partial charge in [0, 0.05) is 54.7 Å². The Labute approximate surface area is 190 Å². The van der Waals surface area contributed by atoms with E-state index in [2.05, 4.69) is 36.1 Å². The van der Waals surface area contributed by atoms with Crippen LogP contribution in [-0.2, 0) is 17.6 Å². The van der Waals surface area contributed by atoms with E-state index in [9.17, 15) is 9.18 Å². The van der Waals surface area contributed by atoms with Crippen molar-refractivity contribution in [2.24, 2.45) is 0 Å². The first-order chi connectivity index (χ1) is 15.6. The number of rotatable bonds is 5. The van der Waals surface area contributed by atoms with Crippen molar-refractivity contribution in [2.45, 2.75) is 19.8 Å². The van der Waals surface area contributed by atoms with E-state index in [1.807, 2.05) is 20.9 Å². The van der Waals surface area contributed by atoms with Crippen molar-refractivity contribution in [2.75, 3.05) is 31.1 Å². The summed E-state index contributed by atoms with van der Waals surface area (Å²) in [6.07, 6.45) is 3.41. The maximum Gasteiger partial charge on any atom is 0.228 e. The van der Waals surface area contributed by atoms with Crippen molar-refractivity contribution in [1.82, 2.24) is 14.3 Å². The normalized spacial score (nSPS) is 14.3. The highest BCUT2D eigenvalue weighted by atomic mass is 32.1. The molecule has 7 heteroatoms. The fraction of sp³-hybridized carbons (Fsp3) is 0.280. The number of carbonyl (C=O) groups is 1. The lowest BCUT2D eigenvalue weighted by molar-refractivity contribution is -0.130. The summed E-state index contributed by atoms with van der Waals surface area (Å²) >= 11 is 1.57. The molecule has 1 fully saturated rings. The van der Waals surface area contributed by atoms with Crippen LogP contribution in [0.2, 0.25) is 0 Å². The van der Waals surface area contributed by atoms with E-state index in [4.69, 9.17) is 4.98 Å². The number of aromatic nitrogens is 2. The Morgan fingerprint density at radius 3 is 2.44 bits per heavy atom. The lowest BCUT2D eigenvalue weighted by atomic mass is 10.1. The van der Waals surface area contributed by atoms with Crippen LogP contribution in [0.3, 0.4) is 0 Å². The van der Waals surface area contributed by atoms with Gasteiger partial charge in [-0.25, -0.2) is 9.37 Å². The van der Waals surface area contributed by atoms with Crippen LogP contribution in [0.5, 0.6) is 0 Å². The second-order valence-corrected chi connectivity index (χ2v) is 8.91. The lowest BCUT2D eigenvalue weighted by Crippen LogP contribution is -2.49. The molecule has 1 aliphatic heterocycles. The number of imidazole rings is 1. The topological polar surface area (TPSA) is 40.9 Å². The number of carbonyl (C=O) groups excluding carboxylic acids is 1. The summed E-state index contributed by atoms with van der Waals surface area (Å²) in [5, 5.41) is 2.03. The lowest BCUT2D eigenvalue weighted by Gasteiger charge is -2.36. The molecule has 3 heterocycles. The van der Waals surface area contributed by atoms with Crippen LogP contribution < -0.4 is 4.90 Å². The van der Waals surface area contributed by atoms with E-state index in [1.165, 1.54) is 17.7 Å². The Kier molecular flexibility index (Phi) is 5.66. The molecule has 5 nitrogen and oxygen atoms in total. The van der Waals surface area contributed by atoms with E-state index in [-0.39, 0.29) is 11.7 Å². The van der Waals surface area contributed by atoms with Crippen LogP contribution in [0.1, 0.15) is 18.2 Å². The molecule has 0 aliphatic carbocycles. The molecule has 1 saturated heterocycles. The van der Waals surface area contributed by atoms with Crippen molar-refractivity contribution in [1.29, 1.82) is 0 Å². The summed E-state index contributed by atoms with van der Waals surface area (Å²) in [6.45, 7) is 4.98. The number of anilines is 1. The molecule has 164 valence electrons. The van der Waals surface area contributed by atoms with E-state index < -0.39 is 0 Å². The van der Waals surface area contributed by atoms with Crippen molar-refractivity contribution in [3.8, 4) is 11.3 Å². The van der Waals surface area contributed by atoms with Gasteiger partial charge in [0.05, 0.1) is 12.1 Å². The first-order valence-corrected chi connectivity index (χ1v) is 11.8. The average molecular weight is 449 g/mol. The van der Waals surface area contributed by atoms with Gasteiger partial charge in [-0.1, -0.05) is 31.2 Å². The quantitative estimate of drug-likeness (QED) is 0.446. The minimum absolute atomic E-state index is 0.131. The van der Waals surface area contributed by atoms with Crippen LogP contribution in [0.25, 0.3) is 16.2 Å². The second-order valence-electron chi connectivity index (χ2n) is 8.08. The molecule has 0 spiro atoms. The smallest absolute Gasteiger partial charge is 0.228 e. The first kappa shape index (κ1) is 20.7. The van der Waals surface area contributed by atoms with Crippen LogP contribution >= 0.6 is 11.3 Å². The fourth-order valence-electron chi connectivity index (χ4n) is 4.14. The summed E-state index contributed by atoms with van der Waals surface area (Å²) in [6, 6.07) is 15.0. The van der Waals surface area contributed by atoms with E-state index >= 15 is 0 Å². The molecule has 0 unspecified atom stereocenters. The third kappa shape index (κ3) is 4.12. The SMILES string of the molecule is CCc1ccc(-c2cn3c(CC(=O)N4CCN(c5ccc(F)cc5)CC4)csc3n2)cc1. The molecular weight excluding hydrogens is 423 g/mol. The number of nitrogens with zero attached hydrogens (tertiary/aromatic N) is 4. The highest BCUT2D eigenvalue weighted by molar-refractivity contribution is 7.15. The number of thiazole rings is 1. The number of hydrogen-bond acceptors (Lipinski definition) is 4. The maximum absolute atomic E-state index is 13.2. The molecule has 2 aromatic carbocycles. The standard InChI is InChI=1S/C25H25FN4OS/c1-2-18-3-5-19(6-4-18)23-16-30-22(17-32-25(30)27-23)15-24(31)29-13-11-28(12-14-29)21-9-7-20(26)8-10-21/h3-10,16-17H,2,11-15H2,1H3. The Hall–Kier alpha value is -3.19. The number of benzene rings is 2. The number of hydrogen-bond donors (Lipinski definition) is 0. The molecule has 5 rings (SSSR count). The fourth-order valence-corrected chi connectivity index (χ4v) is 5.01. The van der Waals surface area contributed by atoms with E-state index in [1.54, 1.807) is 23.5 Å².